The van der Waals surface area contributed by atoms with Crippen molar-refractivity contribution < 1.29 is 4.79 Å². The maximum Gasteiger partial charge on any atom is 0.254 e. The van der Waals surface area contributed by atoms with Gasteiger partial charge in [0.2, 0.25) is 0 Å². The van der Waals surface area contributed by atoms with Crippen LogP contribution in [0.2, 0.25) is 0 Å². The first-order valence-corrected chi connectivity index (χ1v) is 7.17. The van der Waals surface area contributed by atoms with E-state index in [0.717, 1.165) is 24.8 Å². The van der Waals surface area contributed by atoms with Crippen LogP contribution in [-0.4, -0.2) is 17.9 Å². The fourth-order valence-electron chi connectivity index (χ4n) is 3.06. The number of amides is 1. The minimum atomic E-state index is 0.104. The molecule has 0 saturated carbocycles. The summed E-state index contributed by atoms with van der Waals surface area (Å²) in [5.74, 6) is 0.104. The number of rotatable bonds is 2. The van der Waals surface area contributed by atoms with E-state index in [9.17, 15) is 4.79 Å². The van der Waals surface area contributed by atoms with E-state index in [-0.39, 0.29) is 11.9 Å². The fraction of sp³-hybridized carbons (Fsp3) is 0.278. The normalized spacial score (nSPS) is 17.4. The smallest absolute Gasteiger partial charge is 0.254 e. The van der Waals surface area contributed by atoms with Gasteiger partial charge in [-0.2, -0.15) is 0 Å². The van der Waals surface area contributed by atoms with Crippen molar-refractivity contribution in [1.29, 1.82) is 0 Å². The quantitative estimate of drug-likeness (QED) is 0.808. The molecule has 0 aliphatic heterocycles. The monoisotopic (exact) mass is 265 g/mol. The molecular formula is C18H19NO. The molecule has 2 aromatic rings. The lowest BCUT2D eigenvalue weighted by molar-refractivity contribution is 0.0715. The molecule has 2 heteroatoms. The van der Waals surface area contributed by atoms with E-state index in [4.69, 9.17) is 0 Å². The molecule has 3 rings (SSSR count). The maximum atomic E-state index is 12.6. The van der Waals surface area contributed by atoms with Crippen LogP contribution >= 0.6 is 0 Å². The fourth-order valence-corrected chi connectivity index (χ4v) is 3.06. The molecule has 1 unspecified atom stereocenters. The predicted molar refractivity (Wildman–Crippen MR) is 80.7 cm³/mol. The predicted octanol–water partition coefficient (Wildman–Crippen LogP) is 3.84. The zero-order valence-electron chi connectivity index (χ0n) is 11.8. The highest BCUT2D eigenvalue weighted by atomic mass is 16.2. The van der Waals surface area contributed by atoms with E-state index in [1.807, 2.05) is 42.3 Å². The average molecular weight is 265 g/mol. The number of hydrogen-bond donors (Lipinski definition) is 0. The molecule has 1 amide bonds. The Balaban J connectivity index is 1.89. The molecule has 102 valence electrons. The third-order valence-corrected chi connectivity index (χ3v) is 4.15. The van der Waals surface area contributed by atoms with E-state index in [2.05, 4.69) is 24.3 Å². The topological polar surface area (TPSA) is 20.3 Å². The number of fused-ring (bicyclic) bond motifs is 1. The largest absolute Gasteiger partial charge is 0.335 e. The molecule has 0 N–H and O–H groups in total. The van der Waals surface area contributed by atoms with E-state index in [0.29, 0.717) is 0 Å². The molecule has 1 aliphatic rings. The SMILES string of the molecule is CN(C(=O)c1ccccc1)C1CCCc2ccccc21. The van der Waals surface area contributed by atoms with Gasteiger partial charge in [0.15, 0.2) is 0 Å². The first kappa shape index (κ1) is 12.9. The van der Waals surface area contributed by atoms with E-state index in [1.54, 1.807) is 0 Å². The first-order chi connectivity index (χ1) is 9.77. The second-order valence-corrected chi connectivity index (χ2v) is 5.39. The van der Waals surface area contributed by atoms with Crippen molar-refractivity contribution in [1.82, 2.24) is 4.90 Å². The molecule has 0 spiro atoms. The van der Waals surface area contributed by atoms with Gasteiger partial charge >= 0.3 is 0 Å². The van der Waals surface area contributed by atoms with Crippen LogP contribution in [0.3, 0.4) is 0 Å². The molecule has 0 bridgehead atoms. The Kier molecular flexibility index (Phi) is 3.55. The Hall–Kier alpha value is -2.09. The summed E-state index contributed by atoms with van der Waals surface area (Å²) in [6.07, 6.45) is 3.32. The van der Waals surface area contributed by atoms with Crippen LogP contribution in [0.5, 0.6) is 0 Å². The van der Waals surface area contributed by atoms with Gasteiger partial charge in [-0.25, -0.2) is 0 Å². The van der Waals surface area contributed by atoms with Gasteiger partial charge < -0.3 is 4.90 Å². The summed E-state index contributed by atoms with van der Waals surface area (Å²) in [4.78, 5) is 14.5. The van der Waals surface area contributed by atoms with Crippen LogP contribution in [0, 0.1) is 0 Å². The van der Waals surface area contributed by atoms with Gasteiger partial charge in [-0.3, -0.25) is 4.79 Å². The Labute approximate surface area is 120 Å². The molecule has 0 saturated heterocycles. The lowest BCUT2D eigenvalue weighted by atomic mass is 9.87. The Morgan fingerprint density at radius 2 is 1.75 bits per heavy atom. The Morgan fingerprint density at radius 1 is 1.05 bits per heavy atom. The van der Waals surface area contributed by atoms with Crippen molar-refractivity contribution in [2.75, 3.05) is 7.05 Å². The molecule has 0 heterocycles. The van der Waals surface area contributed by atoms with Crippen LogP contribution < -0.4 is 0 Å². The van der Waals surface area contributed by atoms with Gasteiger partial charge in [-0.15, -0.1) is 0 Å². The number of carbonyl (C=O) groups excluding carboxylic acids is 1. The molecule has 1 aliphatic carbocycles. The number of nitrogens with zero attached hydrogens (tertiary/aromatic N) is 1. The summed E-state index contributed by atoms with van der Waals surface area (Å²) >= 11 is 0. The van der Waals surface area contributed by atoms with Crippen LogP contribution in [-0.2, 0) is 6.42 Å². The van der Waals surface area contributed by atoms with Crippen LogP contribution in [0.15, 0.2) is 54.6 Å². The molecule has 0 fully saturated rings. The molecule has 1 atom stereocenters. The molecule has 0 aromatic heterocycles. The minimum Gasteiger partial charge on any atom is -0.335 e. The zero-order valence-corrected chi connectivity index (χ0v) is 11.8. The maximum absolute atomic E-state index is 12.6. The average Bonchev–Trinajstić information content (AvgIpc) is 2.54. The highest BCUT2D eigenvalue weighted by Crippen LogP contribution is 2.34. The molecule has 2 nitrogen and oxygen atoms in total. The summed E-state index contributed by atoms with van der Waals surface area (Å²) in [7, 11) is 1.92. The van der Waals surface area contributed by atoms with Gasteiger partial charge in [0.05, 0.1) is 6.04 Å². The van der Waals surface area contributed by atoms with Crippen molar-refractivity contribution in [2.24, 2.45) is 0 Å². The second-order valence-electron chi connectivity index (χ2n) is 5.39. The number of hydrogen-bond acceptors (Lipinski definition) is 1. The van der Waals surface area contributed by atoms with E-state index in [1.165, 1.54) is 11.1 Å². The van der Waals surface area contributed by atoms with Crippen molar-refractivity contribution in [3.05, 3.63) is 71.3 Å². The Bertz CT molecular complexity index is 606. The lowest BCUT2D eigenvalue weighted by Gasteiger charge is -2.33. The van der Waals surface area contributed by atoms with Gasteiger partial charge in [0.25, 0.3) is 5.91 Å². The molecule has 0 radical (unpaired) electrons. The minimum absolute atomic E-state index is 0.104. The first-order valence-electron chi connectivity index (χ1n) is 7.17. The summed E-state index contributed by atoms with van der Waals surface area (Å²) < 4.78 is 0. The van der Waals surface area contributed by atoms with Gasteiger partial charge in [0.1, 0.15) is 0 Å². The molecule has 20 heavy (non-hydrogen) atoms. The highest BCUT2D eigenvalue weighted by molar-refractivity contribution is 5.94. The second kappa shape index (κ2) is 5.49. The number of benzene rings is 2. The lowest BCUT2D eigenvalue weighted by Crippen LogP contribution is -2.33. The van der Waals surface area contributed by atoms with Crippen LogP contribution in [0.4, 0.5) is 0 Å². The van der Waals surface area contributed by atoms with Gasteiger partial charge in [-0.05, 0) is 42.5 Å². The Morgan fingerprint density at radius 3 is 2.55 bits per heavy atom. The van der Waals surface area contributed by atoms with Crippen molar-refractivity contribution in [3.63, 3.8) is 0 Å². The van der Waals surface area contributed by atoms with E-state index >= 15 is 0 Å². The molecular weight excluding hydrogens is 246 g/mol. The third kappa shape index (κ3) is 2.34. The van der Waals surface area contributed by atoms with Crippen molar-refractivity contribution in [2.45, 2.75) is 25.3 Å². The van der Waals surface area contributed by atoms with Gasteiger partial charge in [-0.1, -0.05) is 42.5 Å². The van der Waals surface area contributed by atoms with E-state index < -0.39 is 0 Å². The highest BCUT2D eigenvalue weighted by Gasteiger charge is 2.26. The zero-order chi connectivity index (χ0) is 13.9. The van der Waals surface area contributed by atoms with Crippen LogP contribution in [0.1, 0.15) is 40.4 Å². The summed E-state index contributed by atoms with van der Waals surface area (Å²) in [6, 6.07) is 18.2. The summed E-state index contributed by atoms with van der Waals surface area (Å²) in [5.41, 5.74) is 3.46. The van der Waals surface area contributed by atoms with Gasteiger partial charge in [0, 0.05) is 12.6 Å². The van der Waals surface area contributed by atoms with Crippen molar-refractivity contribution in [3.8, 4) is 0 Å². The number of carbonyl (C=O) groups is 1. The molecule has 2 aromatic carbocycles. The summed E-state index contributed by atoms with van der Waals surface area (Å²) in [6.45, 7) is 0. The van der Waals surface area contributed by atoms with Crippen molar-refractivity contribution >= 4 is 5.91 Å². The third-order valence-electron chi connectivity index (χ3n) is 4.15. The van der Waals surface area contributed by atoms with Crippen LogP contribution in [0.25, 0.3) is 0 Å². The summed E-state index contributed by atoms with van der Waals surface area (Å²) in [5, 5.41) is 0. The number of aryl methyl sites for hydroxylation is 1. The standard InChI is InChI=1S/C18H19NO/c1-19(18(20)15-9-3-2-4-10-15)17-13-7-11-14-8-5-6-12-16(14)17/h2-6,8-10,12,17H,7,11,13H2,1H3.